The minimum atomic E-state index is -0.704. The molecule has 1 unspecified atom stereocenters. The van der Waals surface area contributed by atoms with E-state index in [2.05, 4.69) is 20.8 Å². The third kappa shape index (κ3) is 4.25. The summed E-state index contributed by atoms with van der Waals surface area (Å²) in [5.74, 6) is 0.793. The predicted molar refractivity (Wildman–Crippen MR) is 67.9 cm³/mol. The minimum Gasteiger partial charge on any atom is -0.389 e. The van der Waals surface area contributed by atoms with Gasteiger partial charge in [0.1, 0.15) is 0 Å². The number of tetrazole rings is 1. The average molecular weight is 259 g/mol. The summed E-state index contributed by atoms with van der Waals surface area (Å²) in [7, 11) is 1.89. The fraction of sp³-hybridized carbons (Fsp3) is 0.900. The smallest absolute Gasteiger partial charge is 0.209 e. The largest absolute Gasteiger partial charge is 0.389 e. The first-order valence-electron chi connectivity index (χ1n) is 5.73. The Balaban J connectivity index is 2.54. The second-order valence-electron chi connectivity index (χ2n) is 4.59. The van der Waals surface area contributed by atoms with Crippen molar-refractivity contribution in [3.63, 3.8) is 0 Å². The van der Waals surface area contributed by atoms with Crippen molar-refractivity contribution >= 4 is 11.8 Å². The molecule has 1 atom stereocenters. The van der Waals surface area contributed by atoms with Gasteiger partial charge in [-0.15, -0.1) is 5.10 Å². The van der Waals surface area contributed by atoms with E-state index in [-0.39, 0.29) is 5.92 Å². The number of aliphatic hydroxyl groups is 1. The van der Waals surface area contributed by atoms with Crippen LogP contribution >= 0.6 is 11.8 Å². The molecule has 0 aromatic carbocycles. The number of rotatable bonds is 7. The SMILES string of the molecule is CNCCn1nnnc1SCC(C)(O)C(C)C. The van der Waals surface area contributed by atoms with Crippen molar-refractivity contribution in [3.8, 4) is 0 Å². The van der Waals surface area contributed by atoms with Gasteiger partial charge in [0.2, 0.25) is 5.16 Å². The first-order chi connectivity index (χ1) is 7.97. The Morgan fingerprint density at radius 2 is 2.24 bits per heavy atom. The standard InChI is InChI=1S/C10H21N5OS/c1-8(2)10(3,16)7-17-9-12-13-14-15(9)6-5-11-4/h8,11,16H,5-7H2,1-4H3. The molecular formula is C10H21N5OS. The summed E-state index contributed by atoms with van der Waals surface area (Å²) in [5.41, 5.74) is -0.704. The van der Waals surface area contributed by atoms with Gasteiger partial charge in [-0.1, -0.05) is 25.6 Å². The van der Waals surface area contributed by atoms with Gasteiger partial charge in [0.05, 0.1) is 12.1 Å². The van der Waals surface area contributed by atoms with E-state index in [1.165, 1.54) is 11.8 Å². The lowest BCUT2D eigenvalue weighted by Gasteiger charge is -2.26. The summed E-state index contributed by atoms with van der Waals surface area (Å²) in [6.07, 6.45) is 0. The zero-order valence-electron chi connectivity index (χ0n) is 10.8. The molecule has 6 nitrogen and oxygen atoms in total. The van der Waals surface area contributed by atoms with Crippen LogP contribution in [0.1, 0.15) is 20.8 Å². The van der Waals surface area contributed by atoms with Crippen LogP contribution in [0.15, 0.2) is 5.16 Å². The molecule has 0 aliphatic rings. The van der Waals surface area contributed by atoms with Crippen LogP contribution in [0.2, 0.25) is 0 Å². The molecule has 0 aliphatic heterocycles. The van der Waals surface area contributed by atoms with Gasteiger partial charge in [0.25, 0.3) is 0 Å². The van der Waals surface area contributed by atoms with Crippen molar-refractivity contribution < 1.29 is 5.11 Å². The highest BCUT2D eigenvalue weighted by Gasteiger charge is 2.26. The molecule has 0 radical (unpaired) electrons. The molecule has 0 aliphatic carbocycles. The summed E-state index contributed by atoms with van der Waals surface area (Å²) in [5, 5.41) is 25.5. The fourth-order valence-corrected chi connectivity index (χ4v) is 2.16. The Labute approximate surface area is 106 Å². The molecule has 2 N–H and O–H groups in total. The predicted octanol–water partition coefficient (Wildman–Crippen LogP) is 0.392. The van der Waals surface area contributed by atoms with Crippen LogP contribution in [0.3, 0.4) is 0 Å². The van der Waals surface area contributed by atoms with E-state index >= 15 is 0 Å². The van der Waals surface area contributed by atoms with Crippen molar-refractivity contribution in [2.24, 2.45) is 5.92 Å². The normalized spacial score (nSPS) is 15.2. The molecule has 0 fully saturated rings. The van der Waals surface area contributed by atoms with Crippen LogP contribution in [-0.2, 0) is 6.54 Å². The minimum absolute atomic E-state index is 0.205. The van der Waals surface area contributed by atoms with E-state index in [0.717, 1.165) is 18.2 Å². The third-order valence-corrected chi connectivity index (χ3v) is 4.09. The highest BCUT2D eigenvalue weighted by atomic mass is 32.2. The van der Waals surface area contributed by atoms with Gasteiger partial charge in [0.15, 0.2) is 0 Å². The molecule has 1 aromatic rings. The van der Waals surface area contributed by atoms with E-state index in [1.807, 2.05) is 27.8 Å². The van der Waals surface area contributed by atoms with Crippen molar-refractivity contribution in [2.75, 3.05) is 19.3 Å². The van der Waals surface area contributed by atoms with E-state index < -0.39 is 5.60 Å². The Morgan fingerprint density at radius 1 is 1.53 bits per heavy atom. The van der Waals surface area contributed by atoms with Crippen LogP contribution in [-0.4, -0.2) is 50.3 Å². The van der Waals surface area contributed by atoms with Gasteiger partial charge < -0.3 is 10.4 Å². The zero-order chi connectivity index (χ0) is 12.9. The van der Waals surface area contributed by atoms with Crippen LogP contribution in [0, 0.1) is 5.92 Å². The quantitative estimate of drug-likeness (QED) is 0.690. The van der Waals surface area contributed by atoms with E-state index in [9.17, 15) is 5.11 Å². The molecular weight excluding hydrogens is 238 g/mol. The van der Waals surface area contributed by atoms with Crippen LogP contribution in [0.4, 0.5) is 0 Å². The Hall–Kier alpha value is -0.660. The average Bonchev–Trinajstić information content (AvgIpc) is 2.71. The van der Waals surface area contributed by atoms with Crippen molar-refractivity contribution in [1.29, 1.82) is 0 Å². The van der Waals surface area contributed by atoms with Crippen LogP contribution in [0.5, 0.6) is 0 Å². The Kier molecular flexibility index (Phi) is 5.35. The lowest BCUT2D eigenvalue weighted by Crippen LogP contribution is -2.34. The molecule has 7 heteroatoms. The number of hydrogen-bond donors (Lipinski definition) is 2. The first kappa shape index (κ1) is 14.4. The summed E-state index contributed by atoms with van der Waals surface area (Å²) in [4.78, 5) is 0. The van der Waals surface area contributed by atoms with E-state index in [4.69, 9.17) is 0 Å². The molecule has 0 saturated heterocycles. The van der Waals surface area contributed by atoms with Gasteiger partial charge in [-0.2, -0.15) is 0 Å². The number of likely N-dealkylation sites (N-methyl/N-ethyl adjacent to an activating group) is 1. The van der Waals surface area contributed by atoms with E-state index in [1.54, 1.807) is 4.68 Å². The second-order valence-corrected chi connectivity index (χ2v) is 5.53. The highest BCUT2D eigenvalue weighted by molar-refractivity contribution is 7.99. The number of nitrogens with zero attached hydrogens (tertiary/aromatic N) is 4. The summed E-state index contributed by atoms with van der Waals surface area (Å²) >= 11 is 1.49. The number of thioether (sulfide) groups is 1. The maximum atomic E-state index is 10.1. The van der Waals surface area contributed by atoms with Gasteiger partial charge in [0, 0.05) is 12.3 Å². The first-order valence-corrected chi connectivity index (χ1v) is 6.72. The lowest BCUT2D eigenvalue weighted by atomic mass is 9.95. The molecule has 1 aromatic heterocycles. The van der Waals surface area contributed by atoms with Gasteiger partial charge in [-0.3, -0.25) is 0 Å². The van der Waals surface area contributed by atoms with Gasteiger partial charge >= 0.3 is 0 Å². The molecule has 0 bridgehead atoms. The van der Waals surface area contributed by atoms with E-state index in [0.29, 0.717) is 5.75 Å². The molecule has 0 saturated carbocycles. The third-order valence-electron chi connectivity index (χ3n) is 2.81. The second kappa shape index (κ2) is 6.32. The highest BCUT2D eigenvalue weighted by Crippen LogP contribution is 2.25. The van der Waals surface area contributed by atoms with Crippen LogP contribution < -0.4 is 5.32 Å². The van der Waals surface area contributed by atoms with Crippen molar-refractivity contribution in [1.82, 2.24) is 25.5 Å². The molecule has 17 heavy (non-hydrogen) atoms. The Bertz CT molecular complexity index is 339. The molecule has 1 rings (SSSR count). The monoisotopic (exact) mass is 259 g/mol. The fourth-order valence-electron chi connectivity index (χ4n) is 1.04. The van der Waals surface area contributed by atoms with Crippen LogP contribution in [0.25, 0.3) is 0 Å². The molecule has 0 spiro atoms. The summed E-state index contributed by atoms with van der Waals surface area (Å²) < 4.78 is 1.75. The number of hydrogen-bond acceptors (Lipinski definition) is 6. The summed E-state index contributed by atoms with van der Waals surface area (Å²) in [6.45, 7) is 7.40. The molecule has 98 valence electrons. The number of nitrogens with one attached hydrogen (secondary N) is 1. The topological polar surface area (TPSA) is 75.9 Å². The maximum absolute atomic E-state index is 10.1. The molecule has 0 amide bonds. The summed E-state index contributed by atoms with van der Waals surface area (Å²) in [6, 6.07) is 0. The van der Waals surface area contributed by atoms with Gasteiger partial charge in [-0.05, 0) is 30.3 Å². The maximum Gasteiger partial charge on any atom is 0.209 e. The Morgan fingerprint density at radius 3 is 2.82 bits per heavy atom. The lowest BCUT2D eigenvalue weighted by molar-refractivity contribution is 0.0375. The molecule has 1 heterocycles. The number of aromatic nitrogens is 4. The zero-order valence-corrected chi connectivity index (χ0v) is 11.7. The van der Waals surface area contributed by atoms with Crippen molar-refractivity contribution in [2.45, 2.75) is 38.1 Å². The van der Waals surface area contributed by atoms with Crippen molar-refractivity contribution in [3.05, 3.63) is 0 Å². The van der Waals surface area contributed by atoms with Gasteiger partial charge in [-0.25, -0.2) is 4.68 Å².